The standard InChI is InChI=1S/C16H19NO/c1-2-6-15-12(4-1)11-16(18-15)13-7-9-17-8-3-5-14(17)10-13/h1-2,4,6,11,13-14H,3,5,7-10H2. The quantitative estimate of drug-likeness (QED) is 0.755. The highest BCUT2D eigenvalue weighted by Crippen LogP contribution is 2.37. The Hall–Kier alpha value is -1.28. The molecule has 0 bridgehead atoms. The van der Waals surface area contributed by atoms with Crippen LogP contribution in [0, 0.1) is 0 Å². The molecule has 94 valence electrons. The normalized spacial score (nSPS) is 28.7. The fourth-order valence-electron chi connectivity index (χ4n) is 3.69. The molecule has 0 spiro atoms. The molecule has 2 nitrogen and oxygen atoms in total. The fourth-order valence-corrected chi connectivity index (χ4v) is 3.69. The molecule has 0 saturated carbocycles. The van der Waals surface area contributed by atoms with Gasteiger partial charge in [0.05, 0.1) is 0 Å². The average molecular weight is 241 g/mol. The van der Waals surface area contributed by atoms with E-state index in [0.717, 1.165) is 11.6 Å². The SMILES string of the molecule is c1ccc2oc(C3CCN4CCCC4C3)cc2c1. The lowest BCUT2D eigenvalue weighted by molar-refractivity contribution is 0.172. The van der Waals surface area contributed by atoms with Crippen molar-refractivity contribution in [1.29, 1.82) is 0 Å². The molecule has 2 atom stereocenters. The van der Waals surface area contributed by atoms with Crippen molar-refractivity contribution < 1.29 is 4.42 Å². The van der Waals surface area contributed by atoms with Gasteiger partial charge >= 0.3 is 0 Å². The Kier molecular flexibility index (Phi) is 2.44. The Bertz CT molecular complexity index is 526. The zero-order valence-corrected chi connectivity index (χ0v) is 10.6. The Balaban J connectivity index is 1.62. The molecule has 2 unspecified atom stereocenters. The molecule has 4 rings (SSSR count). The van der Waals surface area contributed by atoms with Gasteiger partial charge in [-0.15, -0.1) is 0 Å². The van der Waals surface area contributed by atoms with Gasteiger partial charge in [0.2, 0.25) is 0 Å². The third kappa shape index (κ3) is 1.67. The summed E-state index contributed by atoms with van der Waals surface area (Å²) in [5.74, 6) is 1.85. The van der Waals surface area contributed by atoms with Gasteiger partial charge in [-0.3, -0.25) is 0 Å². The van der Waals surface area contributed by atoms with E-state index in [4.69, 9.17) is 4.42 Å². The highest BCUT2D eigenvalue weighted by molar-refractivity contribution is 5.77. The average Bonchev–Trinajstić information content (AvgIpc) is 3.04. The van der Waals surface area contributed by atoms with Crippen LogP contribution in [-0.2, 0) is 0 Å². The van der Waals surface area contributed by atoms with Crippen molar-refractivity contribution in [2.45, 2.75) is 37.6 Å². The second-order valence-corrected chi connectivity index (χ2v) is 5.74. The number of hydrogen-bond donors (Lipinski definition) is 0. The van der Waals surface area contributed by atoms with Crippen molar-refractivity contribution in [2.75, 3.05) is 13.1 Å². The fraction of sp³-hybridized carbons (Fsp3) is 0.500. The Morgan fingerprint density at radius 1 is 1.11 bits per heavy atom. The Morgan fingerprint density at radius 3 is 3.00 bits per heavy atom. The number of para-hydroxylation sites is 1. The number of furan rings is 1. The van der Waals surface area contributed by atoms with Gasteiger partial charge in [-0.1, -0.05) is 18.2 Å². The Labute approximate surface area is 108 Å². The van der Waals surface area contributed by atoms with Crippen molar-refractivity contribution in [2.24, 2.45) is 0 Å². The summed E-state index contributed by atoms with van der Waals surface area (Å²) in [6.45, 7) is 2.57. The Morgan fingerprint density at radius 2 is 2.06 bits per heavy atom. The summed E-state index contributed by atoms with van der Waals surface area (Å²) in [5, 5.41) is 1.25. The summed E-state index contributed by atoms with van der Waals surface area (Å²) in [4.78, 5) is 2.67. The monoisotopic (exact) mass is 241 g/mol. The lowest BCUT2D eigenvalue weighted by Crippen LogP contribution is -2.37. The predicted octanol–water partition coefficient (Wildman–Crippen LogP) is 3.77. The van der Waals surface area contributed by atoms with Crippen molar-refractivity contribution in [1.82, 2.24) is 4.90 Å². The first-order valence-corrected chi connectivity index (χ1v) is 7.13. The molecule has 1 aromatic carbocycles. The summed E-state index contributed by atoms with van der Waals surface area (Å²) in [6.07, 6.45) is 5.32. The second kappa shape index (κ2) is 4.13. The van der Waals surface area contributed by atoms with E-state index < -0.39 is 0 Å². The molecule has 0 aliphatic carbocycles. The zero-order valence-electron chi connectivity index (χ0n) is 10.6. The van der Waals surface area contributed by atoms with Gasteiger partial charge in [-0.25, -0.2) is 0 Å². The second-order valence-electron chi connectivity index (χ2n) is 5.74. The molecule has 0 amide bonds. The van der Waals surface area contributed by atoms with E-state index in [-0.39, 0.29) is 0 Å². The van der Waals surface area contributed by atoms with E-state index in [2.05, 4.69) is 35.2 Å². The van der Waals surface area contributed by atoms with Crippen LogP contribution < -0.4 is 0 Å². The van der Waals surface area contributed by atoms with Crippen molar-refractivity contribution >= 4 is 11.0 Å². The molecular formula is C16H19NO. The van der Waals surface area contributed by atoms with Crippen LogP contribution in [-0.4, -0.2) is 24.0 Å². The largest absolute Gasteiger partial charge is 0.461 e. The number of hydrogen-bond acceptors (Lipinski definition) is 2. The molecule has 2 saturated heterocycles. The summed E-state index contributed by atoms with van der Waals surface area (Å²) >= 11 is 0. The summed E-state index contributed by atoms with van der Waals surface area (Å²) in [6, 6.07) is 11.4. The van der Waals surface area contributed by atoms with Gasteiger partial charge < -0.3 is 9.32 Å². The van der Waals surface area contributed by atoms with Gasteiger partial charge in [-0.05, 0) is 50.9 Å². The van der Waals surface area contributed by atoms with Gasteiger partial charge in [0.15, 0.2) is 0 Å². The maximum absolute atomic E-state index is 6.04. The van der Waals surface area contributed by atoms with E-state index in [0.29, 0.717) is 5.92 Å². The number of fused-ring (bicyclic) bond motifs is 2. The lowest BCUT2D eigenvalue weighted by Gasteiger charge is -2.33. The zero-order chi connectivity index (χ0) is 11.9. The highest BCUT2D eigenvalue weighted by atomic mass is 16.3. The van der Waals surface area contributed by atoms with E-state index in [1.807, 2.05) is 0 Å². The number of rotatable bonds is 1. The van der Waals surface area contributed by atoms with E-state index in [9.17, 15) is 0 Å². The molecule has 18 heavy (non-hydrogen) atoms. The van der Waals surface area contributed by atoms with Crippen LogP contribution in [0.2, 0.25) is 0 Å². The maximum atomic E-state index is 6.04. The van der Waals surface area contributed by atoms with Crippen molar-refractivity contribution in [3.05, 3.63) is 36.1 Å². The number of piperidine rings is 1. The summed E-state index contributed by atoms with van der Waals surface area (Å²) in [7, 11) is 0. The molecule has 2 heteroatoms. The van der Waals surface area contributed by atoms with Crippen molar-refractivity contribution in [3.63, 3.8) is 0 Å². The first-order valence-electron chi connectivity index (χ1n) is 7.13. The number of benzene rings is 1. The minimum absolute atomic E-state index is 0.636. The third-order valence-electron chi connectivity index (χ3n) is 4.67. The molecule has 0 N–H and O–H groups in total. The van der Waals surface area contributed by atoms with E-state index in [1.54, 1.807) is 0 Å². The van der Waals surface area contributed by atoms with E-state index >= 15 is 0 Å². The van der Waals surface area contributed by atoms with Crippen LogP contribution in [0.25, 0.3) is 11.0 Å². The third-order valence-corrected chi connectivity index (χ3v) is 4.67. The molecule has 2 aliphatic rings. The van der Waals surface area contributed by atoms with Crippen LogP contribution in [0.5, 0.6) is 0 Å². The maximum Gasteiger partial charge on any atom is 0.134 e. The van der Waals surface area contributed by atoms with Crippen LogP contribution in [0.3, 0.4) is 0 Å². The van der Waals surface area contributed by atoms with Crippen LogP contribution in [0.4, 0.5) is 0 Å². The van der Waals surface area contributed by atoms with E-state index in [1.165, 1.54) is 49.9 Å². The van der Waals surface area contributed by atoms with Gasteiger partial charge in [0, 0.05) is 17.3 Å². The predicted molar refractivity (Wildman–Crippen MR) is 72.8 cm³/mol. The minimum Gasteiger partial charge on any atom is -0.461 e. The van der Waals surface area contributed by atoms with Crippen LogP contribution in [0.1, 0.15) is 37.4 Å². The first-order chi connectivity index (χ1) is 8.90. The summed E-state index contributed by atoms with van der Waals surface area (Å²) in [5.41, 5.74) is 1.04. The minimum atomic E-state index is 0.636. The van der Waals surface area contributed by atoms with Crippen LogP contribution in [0.15, 0.2) is 34.7 Å². The lowest BCUT2D eigenvalue weighted by atomic mass is 9.89. The molecule has 1 aromatic heterocycles. The first kappa shape index (κ1) is 10.6. The number of nitrogens with zero attached hydrogens (tertiary/aromatic N) is 1. The molecular weight excluding hydrogens is 222 g/mol. The van der Waals surface area contributed by atoms with Crippen LogP contribution >= 0.6 is 0 Å². The highest BCUT2D eigenvalue weighted by Gasteiger charge is 2.33. The van der Waals surface area contributed by atoms with Gasteiger partial charge in [-0.2, -0.15) is 0 Å². The molecule has 0 radical (unpaired) electrons. The van der Waals surface area contributed by atoms with Gasteiger partial charge in [0.25, 0.3) is 0 Å². The smallest absolute Gasteiger partial charge is 0.134 e. The molecule has 2 aromatic rings. The molecule has 3 heterocycles. The van der Waals surface area contributed by atoms with Gasteiger partial charge in [0.1, 0.15) is 11.3 Å². The topological polar surface area (TPSA) is 16.4 Å². The molecule has 2 aliphatic heterocycles. The van der Waals surface area contributed by atoms with Crippen molar-refractivity contribution in [3.8, 4) is 0 Å². The summed E-state index contributed by atoms with van der Waals surface area (Å²) < 4.78 is 6.04. The molecule has 2 fully saturated rings.